The van der Waals surface area contributed by atoms with E-state index in [-0.39, 0.29) is 22.6 Å². The molecule has 0 radical (unpaired) electrons. The van der Waals surface area contributed by atoms with Crippen molar-refractivity contribution in [3.8, 4) is 0 Å². The third kappa shape index (κ3) is 2.07. The molecule has 0 spiro atoms. The average molecular weight is 221 g/mol. The van der Waals surface area contributed by atoms with Crippen molar-refractivity contribution in [1.82, 2.24) is 0 Å². The van der Waals surface area contributed by atoms with Crippen LogP contribution in [0.2, 0.25) is 0 Å². The molecule has 4 heteroatoms. The van der Waals surface area contributed by atoms with Gasteiger partial charge in [0.2, 0.25) is 0 Å². The molecule has 0 amide bonds. The summed E-state index contributed by atoms with van der Waals surface area (Å²) in [7, 11) is 0. The van der Waals surface area contributed by atoms with E-state index in [1.165, 1.54) is 0 Å². The molecular formula is C12H15NO3. The van der Waals surface area contributed by atoms with Crippen LogP contribution in [0, 0.1) is 22.5 Å². The van der Waals surface area contributed by atoms with Crippen LogP contribution in [-0.4, -0.2) is 16.6 Å². The molecule has 0 unspecified atom stereocenters. The van der Waals surface area contributed by atoms with E-state index in [9.17, 15) is 15.2 Å². The smallest absolute Gasteiger partial charge is 0.272 e. The lowest BCUT2D eigenvalue weighted by atomic mass is 9.95. The highest BCUT2D eigenvalue weighted by atomic mass is 16.6. The molecule has 1 saturated carbocycles. The number of aliphatic hydroxyl groups is 1. The van der Waals surface area contributed by atoms with Crippen molar-refractivity contribution < 1.29 is 10.0 Å². The van der Waals surface area contributed by atoms with Gasteiger partial charge in [0.05, 0.1) is 4.92 Å². The van der Waals surface area contributed by atoms with E-state index in [1.807, 2.05) is 13.0 Å². The zero-order valence-corrected chi connectivity index (χ0v) is 9.27. The Morgan fingerprint density at radius 2 is 2.19 bits per heavy atom. The number of hydrogen-bond donors (Lipinski definition) is 1. The predicted octanol–water partition coefficient (Wildman–Crippen LogP) is 2.22. The molecule has 0 aliphatic heterocycles. The number of nitrogens with zero attached hydrogens (tertiary/aromatic N) is 1. The number of nitro benzene ring substituents is 1. The molecule has 0 aromatic heterocycles. The lowest BCUT2D eigenvalue weighted by Gasteiger charge is -2.12. The largest absolute Gasteiger partial charge is 0.396 e. The maximum atomic E-state index is 10.9. The predicted molar refractivity (Wildman–Crippen MR) is 60.3 cm³/mol. The van der Waals surface area contributed by atoms with Crippen molar-refractivity contribution in [2.24, 2.45) is 5.41 Å². The minimum Gasteiger partial charge on any atom is -0.396 e. The Morgan fingerprint density at radius 3 is 2.69 bits per heavy atom. The number of aliphatic hydroxyl groups excluding tert-OH is 1. The van der Waals surface area contributed by atoms with E-state index < -0.39 is 0 Å². The van der Waals surface area contributed by atoms with E-state index >= 15 is 0 Å². The molecule has 86 valence electrons. The average Bonchev–Trinajstić information content (AvgIpc) is 2.98. The second-order valence-corrected chi connectivity index (χ2v) is 4.72. The molecule has 0 bridgehead atoms. The third-order valence-corrected chi connectivity index (χ3v) is 3.29. The van der Waals surface area contributed by atoms with Crippen LogP contribution in [0.15, 0.2) is 18.2 Å². The zero-order valence-electron chi connectivity index (χ0n) is 9.27. The summed E-state index contributed by atoms with van der Waals surface area (Å²) in [5, 5.41) is 20.1. The van der Waals surface area contributed by atoms with Crippen molar-refractivity contribution in [1.29, 1.82) is 0 Å². The van der Waals surface area contributed by atoms with Gasteiger partial charge in [0.25, 0.3) is 5.69 Å². The van der Waals surface area contributed by atoms with Crippen LogP contribution < -0.4 is 0 Å². The topological polar surface area (TPSA) is 63.4 Å². The Bertz CT molecular complexity index is 424. The lowest BCUT2D eigenvalue weighted by Crippen LogP contribution is -2.11. The monoisotopic (exact) mass is 221 g/mol. The molecule has 1 aliphatic rings. The van der Waals surface area contributed by atoms with Crippen molar-refractivity contribution >= 4 is 5.69 Å². The van der Waals surface area contributed by atoms with Gasteiger partial charge in [0.1, 0.15) is 0 Å². The molecule has 16 heavy (non-hydrogen) atoms. The molecular weight excluding hydrogens is 206 g/mol. The van der Waals surface area contributed by atoms with Gasteiger partial charge in [-0.2, -0.15) is 0 Å². The number of hydrogen-bond acceptors (Lipinski definition) is 3. The van der Waals surface area contributed by atoms with E-state index in [1.54, 1.807) is 12.1 Å². The highest BCUT2D eigenvalue weighted by Crippen LogP contribution is 2.48. The lowest BCUT2D eigenvalue weighted by molar-refractivity contribution is -0.385. The summed E-state index contributed by atoms with van der Waals surface area (Å²) in [6.07, 6.45) is 2.55. The molecule has 1 aromatic carbocycles. The fourth-order valence-electron chi connectivity index (χ4n) is 2.01. The van der Waals surface area contributed by atoms with Crippen molar-refractivity contribution in [2.45, 2.75) is 26.2 Å². The first-order valence-corrected chi connectivity index (χ1v) is 5.41. The molecule has 1 aliphatic carbocycles. The summed E-state index contributed by atoms with van der Waals surface area (Å²) in [6, 6.07) is 5.16. The maximum Gasteiger partial charge on any atom is 0.272 e. The normalized spacial score (nSPS) is 17.1. The van der Waals surface area contributed by atoms with Gasteiger partial charge in [-0.3, -0.25) is 10.1 Å². The first-order valence-electron chi connectivity index (χ1n) is 5.41. The second kappa shape index (κ2) is 3.87. The highest BCUT2D eigenvalue weighted by molar-refractivity contribution is 5.43. The first-order chi connectivity index (χ1) is 7.56. The number of rotatable bonds is 4. The van der Waals surface area contributed by atoms with Gasteiger partial charge in [-0.05, 0) is 37.7 Å². The minimum absolute atomic E-state index is 0.0848. The SMILES string of the molecule is Cc1ccc([N+](=O)[O-])c(CC2(CO)CC2)c1. The molecule has 0 heterocycles. The van der Waals surface area contributed by atoms with Gasteiger partial charge in [-0.1, -0.05) is 11.6 Å². The molecule has 0 saturated heterocycles. The van der Waals surface area contributed by atoms with Crippen LogP contribution in [0.3, 0.4) is 0 Å². The molecule has 2 rings (SSSR count). The van der Waals surface area contributed by atoms with E-state index in [0.29, 0.717) is 6.42 Å². The molecule has 1 aromatic rings. The fourth-order valence-corrected chi connectivity index (χ4v) is 2.01. The van der Waals surface area contributed by atoms with E-state index in [4.69, 9.17) is 0 Å². The Morgan fingerprint density at radius 1 is 1.50 bits per heavy atom. The van der Waals surface area contributed by atoms with Crippen LogP contribution in [0.1, 0.15) is 24.0 Å². The van der Waals surface area contributed by atoms with Gasteiger partial charge >= 0.3 is 0 Å². The van der Waals surface area contributed by atoms with Gasteiger partial charge in [0.15, 0.2) is 0 Å². The number of nitro groups is 1. The zero-order chi connectivity index (χ0) is 11.8. The van der Waals surface area contributed by atoms with Crippen LogP contribution in [-0.2, 0) is 6.42 Å². The molecule has 4 nitrogen and oxygen atoms in total. The Labute approximate surface area is 94.1 Å². The molecule has 1 N–H and O–H groups in total. The Hall–Kier alpha value is -1.42. The maximum absolute atomic E-state index is 10.9. The summed E-state index contributed by atoms with van der Waals surface area (Å²) in [5.74, 6) is 0. The van der Waals surface area contributed by atoms with Crippen LogP contribution in [0.25, 0.3) is 0 Å². The van der Waals surface area contributed by atoms with Crippen LogP contribution in [0.5, 0.6) is 0 Å². The van der Waals surface area contributed by atoms with E-state index in [0.717, 1.165) is 24.0 Å². The Kier molecular flexibility index (Phi) is 2.68. The first kappa shape index (κ1) is 11.1. The van der Waals surface area contributed by atoms with Gasteiger partial charge in [0, 0.05) is 18.2 Å². The fraction of sp³-hybridized carbons (Fsp3) is 0.500. The summed E-state index contributed by atoms with van der Waals surface area (Å²) in [6.45, 7) is 2.05. The summed E-state index contributed by atoms with van der Waals surface area (Å²) >= 11 is 0. The van der Waals surface area contributed by atoms with Crippen molar-refractivity contribution in [3.05, 3.63) is 39.4 Å². The third-order valence-electron chi connectivity index (χ3n) is 3.29. The molecule has 0 atom stereocenters. The van der Waals surface area contributed by atoms with Crippen molar-refractivity contribution in [3.63, 3.8) is 0 Å². The van der Waals surface area contributed by atoms with Crippen molar-refractivity contribution in [2.75, 3.05) is 6.61 Å². The summed E-state index contributed by atoms with van der Waals surface area (Å²) in [5.41, 5.74) is 1.86. The van der Waals surface area contributed by atoms with E-state index in [2.05, 4.69) is 0 Å². The number of aryl methyl sites for hydroxylation is 1. The quantitative estimate of drug-likeness (QED) is 0.626. The highest BCUT2D eigenvalue weighted by Gasteiger charge is 2.43. The van der Waals surface area contributed by atoms with Crippen LogP contribution >= 0.6 is 0 Å². The van der Waals surface area contributed by atoms with Crippen LogP contribution in [0.4, 0.5) is 5.69 Å². The standard InChI is InChI=1S/C12H15NO3/c1-9-2-3-11(13(15)16)10(6-9)7-12(8-14)4-5-12/h2-3,6,14H,4-5,7-8H2,1H3. The summed E-state index contributed by atoms with van der Waals surface area (Å²) in [4.78, 5) is 10.5. The molecule has 1 fully saturated rings. The Balaban J connectivity index is 2.31. The van der Waals surface area contributed by atoms with Gasteiger partial charge < -0.3 is 5.11 Å². The number of benzene rings is 1. The minimum atomic E-state index is -0.345. The van der Waals surface area contributed by atoms with Gasteiger partial charge in [-0.25, -0.2) is 0 Å². The second-order valence-electron chi connectivity index (χ2n) is 4.72. The summed E-state index contributed by atoms with van der Waals surface area (Å²) < 4.78 is 0. The van der Waals surface area contributed by atoms with Gasteiger partial charge in [-0.15, -0.1) is 0 Å².